The van der Waals surface area contributed by atoms with Crippen molar-refractivity contribution in [1.29, 1.82) is 0 Å². The van der Waals surface area contributed by atoms with E-state index in [2.05, 4.69) is 25.1 Å². The summed E-state index contributed by atoms with van der Waals surface area (Å²) in [6.45, 7) is 0. The largest absolute Gasteiger partial charge is 0.257 e. The number of hydrogen-bond acceptors (Lipinski definition) is 4. The predicted molar refractivity (Wildman–Crippen MR) is 37.4 cm³/mol. The molecule has 0 radical (unpaired) electrons. The van der Waals surface area contributed by atoms with Crippen molar-refractivity contribution in [2.45, 2.75) is 0 Å². The molecule has 0 fully saturated rings. The summed E-state index contributed by atoms with van der Waals surface area (Å²) in [5.41, 5.74) is 0. The Bertz CT molecular complexity index is 314. The maximum absolute atomic E-state index is 3.98. The van der Waals surface area contributed by atoms with Crippen LogP contribution in [0.4, 0.5) is 0 Å². The highest BCUT2D eigenvalue weighted by atomic mass is 15.2. The molecular weight excluding hydrogens is 142 g/mol. The third-order valence-corrected chi connectivity index (χ3v) is 1.19. The lowest BCUT2D eigenvalue weighted by Crippen LogP contribution is -1.88. The number of aromatic nitrogens is 5. The van der Waals surface area contributed by atoms with E-state index in [0.29, 0.717) is 11.6 Å². The van der Waals surface area contributed by atoms with Gasteiger partial charge in [0, 0.05) is 12.4 Å². The first kappa shape index (κ1) is 5.96. The molecule has 54 valence electrons. The highest BCUT2D eigenvalue weighted by molar-refractivity contribution is 5.39. The highest BCUT2D eigenvalue weighted by Crippen LogP contribution is 2.02. The fourth-order valence-corrected chi connectivity index (χ4v) is 0.735. The zero-order valence-electron chi connectivity index (χ0n) is 5.60. The monoisotopic (exact) mass is 147 g/mol. The Labute approximate surface area is 62.5 Å². The van der Waals surface area contributed by atoms with Gasteiger partial charge in [-0.05, 0) is 6.07 Å². The van der Waals surface area contributed by atoms with Crippen LogP contribution in [0.1, 0.15) is 0 Å². The maximum Gasteiger partial charge on any atom is 0.197 e. The number of H-pyrrole nitrogens is 1. The molecule has 0 atom stereocenters. The third-order valence-electron chi connectivity index (χ3n) is 1.19. The van der Waals surface area contributed by atoms with Gasteiger partial charge in [-0.3, -0.25) is 5.10 Å². The maximum atomic E-state index is 3.98. The zero-order valence-corrected chi connectivity index (χ0v) is 5.60. The van der Waals surface area contributed by atoms with Gasteiger partial charge in [0.05, 0.1) is 0 Å². The first-order valence-corrected chi connectivity index (χ1v) is 3.09. The molecule has 0 aliphatic heterocycles. The zero-order chi connectivity index (χ0) is 7.52. The standard InChI is InChI=1S/C6H5N5/c1-2-7-5(8-3-1)6-9-4-10-11-6/h1-4H,(H,9,10,11). The fourth-order valence-electron chi connectivity index (χ4n) is 0.735. The molecule has 0 saturated heterocycles. The molecule has 2 aromatic rings. The van der Waals surface area contributed by atoms with Gasteiger partial charge in [-0.2, -0.15) is 5.10 Å². The van der Waals surface area contributed by atoms with Crippen molar-refractivity contribution in [3.63, 3.8) is 0 Å². The number of rotatable bonds is 1. The second-order valence-corrected chi connectivity index (χ2v) is 1.91. The second kappa shape index (κ2) is 2.45. The number of nitrogens with one attached hydrogen (secondary N) is 1. The summed E-state index contributed by atoms with van der Waals surface area (Å²) in [5, 5.41) is 6.35. The van der Waals surface area contributed by atoms with Gasteiger partial charge in [-0.15, -0.1) is 0 Å². The van der Waals surface area contributed by atoms with E-state index < -0.39 is 0 Å². The van der Waals surface area contributed by atoms with Crippen LogP contribution < -0.4 is 0 Å². The summed E-state index contributed by atoms with van der Waals surface area (Å²) in [4.78, 5) is 11.8. The lowest BCUT2D eigenvalue weighted by molar-refractivity contribution is 1.06. The Balaban J connectivity index is 2.46. The molecule has 2 rings (SSSR count). The lowest BCUT2D eigenvalue weighted by Gasteiger charge is -1.89. The van der Waals surface area contributed by atoms with Crippen LogP contribution in [0.3, 0.4) is 0 Å². The highest BCUT2D eigenvalue weighted by Gasteiger charge is 1.99. The van der Waals surface area contributed by atoms with Crippen LogP contribution in [0.15, 0.2) is 24.8 Å². The molecule has 0 aromatic carbocycles. The number of nitrogens with zero attached hydrogens (tertiary/aromatic N) is 4. The van der Waals surface area contributed by atoms with Crippen LogP contribution in [-0.2, 0) is 0 Å². The third kappa shape index (κ3) is 1.07. The molecule has 0 amide bonds. The molecule has 11 heavy (non-hydrogen) atoms. The first-order chi connectivity index (χ1) is 5.47. The normalized spacial score (nSPS) is 9.82. The van der Waals surface area contributed by atoms with Gasteiger partial charge in [0.1, 0.15) is 6.33 Å². The van der Waals surface area contributed by atoms with E-state index in [4.69, 9.17) is 0 Å². The first-order valence-electron chi connectivity index (χ1n) is 3.09. The smallest absolute Gasteiger partial charge is 0.197 e. The Morgan fingerprint density at radius 1 is 1.09 bits per heavy atom. The van der Waals surface area contributed by atoms with Crippen molar-refractivity contribution in [2.24, 2.45) is 0 Å². The van der Waals surface area contributed by atoms with Crippen molar-refractivity contribution in [3.8, 4) is 11.6 Å². The van der Waals surface area contributed by atoms with Crippen LogP contribution in [0.2, 0.25) is 0 Å². The number of aromatic amines is 1. The van der Waals surface area contributed by atoms with Gasteiger partial charge in [-0.25, -0.2) is 15.0 Å². The van der Waals surface area contributed by atoms with Crippen LogP contribution in [0.5, 0.6) is 0 Å². The molecule has 0 aliphatic carbocycles. The molecule has 0 aliphatic rings. The van der Waals surface area contributed by atoms with Crippen molar-refractivity contribution >= 4 is 0 Å². The summed E-state index contributed by atoms with van der Waals surface area (Å²) < 4.78 is 0. The van der Waals surface area contributed by atoms with Gasteiger partial charge in [0.2, 0.25) is 0 Å². The van der Waals surface area contributed by atoms with E-state index in [0.717, 1.165) is 0 Å². The van der Waals surface area contributed by atoms with E-state index in [1.165, 1.54) is 6.33 Å². The van der Waals surface area contributed by atoms with E-state index in [1.54, 1.807) is 18.5 Å². The minimum absolute atomic E-state index is 0.560. The van der Waals surface area contributed by atoms with Gasteiger partial charge in [0.25, 0.3) is 0 Å². The molecule has 2 heterocycles. The lowest BCUT2D eigenvalue weighted by atomic mass is 10.5. The molecule has 0 spiro atoms. The molecule has 0 bridgehead atoms. The number of hydrogen-bond donors (Lipinski definition) is 1. The van der Waals surface area contributed by atoms with Crippen molar-refractivity contribution in [2.75, 3.05) is 0 Å². The van der Waals surface area contributed by atoms with E-state index >= 15 is 0 Å². The molecular formula is C6H5N5. The molecule has 5 heteroatoms. The van der Waals surface area contributed by atoms with Gasteiger partial charge < -0.3 is 0 Å². The predicted octanol–water partition coefficient (Wildman–Crippen LogP) is 0.262. The van der Waals surface area contributed by atoms with Crippen LogP contribution >= 0.6 is 0 Å². The minimum Gasteiger partial charge on any atom is -0.257 e. The van der Waals surface area contributed by atoms with E-state index in [-0.39, 0.29) is 0 Å². The van der Waals surface area contributed by atoms with Gasteiger partial charge >= 0.3 is 0 Å². The van der Waals surface area contributed by atoms with Crippen LogP contribution in [0, 0.1) is 0 Å². The Hall–Kier alpha value is -1.78. The summed E-state index contributed by atoms with van der Waals surface area (Å²) >= 11 is 0. The SMILES string of the molecule is c1cnc(-c2ncn[nH]2)nc1. The molecule has 5 nitrogen and oxygen atoms in total. The molecule has 1 N–H and O–H groups in total. The van der Waals surface area contributed by atoms with Gasteiger partial charge in [-0.1, -0.05) is 0 Å². The molecule has 0 saturated carbocycles. The second-order valence-electron chi connectivity index (χ2n) is 1.91. The Morgan fingerprint density at radius 3 is 2.55 bits per heavy atom. The summed E-state index contributed by atoms with van der Waals surface area (Å²) in [6, 6.07) is 1.75. The van der Waals surface area contributed by atoms with Crippen LogP contribution in [-0.4, -0.2) is 25.1 Å². The minimum atomic E-state index is 0.560. The summed E-state index contributed by atoms with van der Waals surface area (Å²) in [5.74, 6) is 1.15. The van der Waals surface area contributed by atoms with Crippen LogP contribution in [0.25, 0.3) is 11.6 Å². The topological polar surface area (TPSA) is 67.3 Å². The summed E-state index contributed by atoms with van der Waals surface area (Å²) in [6.07, 6.45) is 4.74. The van der Waals surface area contributed by atoms with Crippen molar-refractivity contribution in [1.82, 2.24) is 25.1 Å². The van der Waals surface area contributed by atoms with Crippen molar-refractivity contribution in [3.05, 3.63) is 24.8 Å². The Morgan fingerprint density at radius 2 is 1.91 bits per heavy atom. The quantitative estimate of drug-likeness (QED) is 0.628. The van der Waals surface area contributed by atoms with Crippen molar-refractivity contribution < 1.29 is 0 Å². The summed E-state index contributed by atoms with van der Waals surface area (Å²) in [7, 11) is 0. The van der Waals surface area contributed by atoms with Gasteiger partial charge in [0.15, 0.2) is 11.6 Å². The fraction of sp³-hybridized carbons (Fsp3) is 0. The van der Waals surface area contributed by atoms with E-state index in [1.807, 2.05) is 0 Å². The average Bonchev–Trinajstić information content (AvgIpc) is 2.58. The Kier molecular flexibility index (Phi) is 1.33. The molecule has 0 unspecified atom stereocenters. The molecule has 2 aromatic heterocycles. The average molecular weight is 147 g/mol. The van der Waals surface area contributed by atoms with E-state index in [9.17, 15) is 0 Å².